The van der Waals surface area contributed by atoms with E-state index in [1.165, 1.54) is 78.9 Å². The number of hydrogen-bond donors (Lipinski definition) is 0. The number of benzene rings is 3. The van der Waals surface area contributed by atoms with Crippen LogP contribution in [0.3, 0.4) is 0 Å². The first-order valence-electron chi connectivity index (χ1n) is 20.8. The zero-order valence-electron chi connectivity index (χ0n) is 38.4. The van der Waals surface area contributed by atoms with Gasteiger partial charge in [-0.2, -0.15) is 0 Å². The average molecular weight is 985 g/mol. The first-order valence-corrected chi connectivity index (χ1v) is 20.8. The predicted molar refractivity (Wildman–Crippen MR) is 237 cm³/mol. The highest BCUT2D eigenvalue weighted by molar-refractivity contribution is 5.92. The van der Waals surface area contributed by atoms with Crippen LogP contribution >= 0.6 is 0 Å². The van der Waals surface area contributed by atoms with Crippen molar-refractivity contribution in [1.29, 1.82) is 0 Å². The first-order chi connectivity index (χ1) is 34.5. The maximum absolute atomic E-state index is 12.0. The third kappa shape index (κ3) is 13.7. The van der Waals surface area contributed by atoms with Crippen molar-refractivity contribution in [3.05, 3.63) is 178 Å². The molecule has 9 aromatic rings. The average Bonchev–Trinajstić information content (AvgIpc) is 4.24. The second kappa shape index (κ2) is 22.7. The van der Waals surface area contributed by atoms with Crippen LogP contribution in [0.2, 0.25) is 0 Å². The van der Waals surface area contributed by atoms with Gasteiger partial charge in [0.2, 0.25) is 0 Å². The Bertz CT molecular complexity index is 3160. The summed E-state index contributed by atoms with van der Waals surface area (Å²) < 4.78 is 59.9. The van der Waals surface area contributed by atoms with Crippen molar-refractivity contribution < 1.29 is 84.3 Å². The number of ether oxygens (including phenoxy) is 6. The molecule has 0 atom stereocenters. The molecule has 0 saturated carbocycles. The molecule has 6 heterocycles. The number of carbonyl (C=O) groups excluding carboxylic acids is 6. The minimum Gasteiger partial charge on any atom is -0.422 e. The minimum absolute atomic E-state index is 0.0146. The van der Waals surface area contributed by atoms with Gasteiger partial charge in [-0.15, -0.1) is 0 Å². The van der Waals surface area contributed by atoms with Crippen molar-refractivity contribution in [2.45, 2.75) is 41.5 Å². The standard InChI is InChI=1S/3C16H12N2O6/c1-9-7-13(17-23-9)15(19)21-11-3-5-12(6-4-11)22-16(20)14-8-10(2)24-18-14;1-9-6-13(17-23-9)15(19)21-11-4-3-5-12(8-11)22-16(20)14-7-10(2)24-18-14;1-9-7-11(17-23-9)15(19)21-13-5-3-4-6-14(13)22-16(20)12-8-10(2)24-18-12/h3*3-8H,1-2H3. The molecule has 24 heteroatoms. The second-order valence-electron chi connectivity index (χ2n) is 14.7. The Morgan fingerprint density at radius 2 is 0.528 bits per heavy atom. The third-order valence-corrected chi connectivity index (χ3v) is 8.75. The lowest BCUT2D eigenvalue weighted by Gasteiger charge is -2.08. The molecule has 0 fully saturated rings. The summed E-state index contributed by atoms with van der Waals surface area (Å²) in [7, 11) is 0. The molecule has 0 saturated heterocycles. The van der Waals surface area contributed by atoms with E-state index in [4.69, 9.17) is 55.6 Å². The van der Waals surface area contributed by atoms with Crippen LogP contribution in [0.15, 0.2) is 136 Å². The summed E-state index contributed by atoms with van der Waals surface area (Å²) in [6.45, 7) is 9.97. The van der Waals surface area contributed by atoms with E-state index < -0.39 is 35.8 Å². The largest absolute Gasteiger partial charge is 0.422 e. The number of aryl methyl sites for hydroxylation is 6. The van der Waals surface area contributed by atoms with Crippen LogP contribution in [0.25, 0.3) is 0 Å². The molecule has 0 aliphatic rings. The topological polar surface area (TPSA) is 314 Å². The lowest BCUT2D eigenvalue weighted by Crippen LogP contribution is -2.13. The Hall–Kier alpha value is -10.3. The molecule has 0 amide bonds. The molecule has 0 spiro atoms. The van der Waals surface area contributed by atoms with Gasteiger partial charge in [-0.05, 0) is 90.1 Å². The predicted octanol–water partition coefficient (Wildman–Crippen LogP) is 8.15. The van der Waals surface area contributed by atoms with E-state index >= 15 is 0 Å². The van der Waals surface area contributed by atoms with Gasteiger partial charge in [0, 0.05) is 42.5 Å². The second-order valence-corrected chi connectivity index (χ2v) is 14.7. The summed E-state index contributed by atoms with van der Waals surface area (Å²) in [5.41, 5.74) is 0.274. The maximum atomic E-state index is 12.0. The Balaban J connectivity index is 0.000000158. The van der Waals surface area contributed by atoms with E-state index in [1.54, 1.807) is 71.9 Å². The summed E-state index contributed by atoms with van der Waals surface area (Å²) in [6.07, 6.45) is 0. The highest BCUT2D eigenvalue weighted by atomic mass is 16.6. The van der Waals surface area contributed by atoms with Crippen molar-refractivity contribution in [2.75, 3.05) is 0 Å². The summed E-state index contributed by atoms with van der Waals surface area (Å²) >= 11 is 0. The van der Waals surface area contributed by atoms with Gasteiger partial charge in [0.1, 0.15) is 57.6 Å². The van der Waals surface area contributed by atoms with Crippen LogP contribution in [-0.2, 0) is 0 Å². The molecule has 0 radical (unpaired) electrons. The number of rotatable bonds is 12. The van der Waals surface area contributed by atoms with E-state index in [1.807, 2.05) is 0 Å². The fraction of sp³-hybridized carbons (Fsp3) is 0.125. The lowest BCUT2D eigenvalue weighted by atomic mass is 10.3. The van der Waals surface area contributed by atoms with Gasteiger partial charge in [-0.25, -0.2) is 28.8 Å². The molecule has 24 nitrogen and oxygen atoms in total. The molecule has 9 rings (SSSR count). The van der Waals surface area contributed by atoms with E-state index in [0.29, 0.717) is 34.6 Å². The number of hydrogen-bond acceptors (Lipinski definition) is 24. The molecular formula is C48H36N6O18. The first kappa shape index (κ1) is 49.6. The van der Waals surface area contributed by atoms with Crippen LogP contribution in [0.4, 0.5) is 0 Å². The molecule has 0 unspecified atom stereocenters. The third-order valence-electron chi connectivity index (χ3n) is 8.75. The van der Waals surface area contributed by atoms with Crippen LogP contribution in [0.1, 0.15) is 97.5 Å². The van der Waals surface area contributed by atoms with E-state index in [2.05, 4.69) is 30.9 Å². The summed E-state index contributed by atoms with van der Waals surface area (Å²) in [4.78, 5) is 71.5. The molecule has 72 heavy (non-hydrogen) atoms. The Labute approximate surface area is 404 Å². The fourth-order valence-corrected chi connectivity index (χ4v) is 5.51. The molecule has 0 aliphatic heterocycles. The van der Waals surface area contributed by atoms with Crippen LogP contribution in [-0.4, -0.2) is 66.8 Å². The molecule has 366 valence electrons. The van der Waals surface area contributed by atoms with Gasteiger partial charge < -0.3 is 55.6 Å². The lowest BCUT2D eigenvalue weighted by molar-refractivity contribution is 0.0671. The van der Waals surface area contributed by atoms with Gasteiger partial charge in [0.25, 0.3) is 0 Å². The number of nitrogens with zero attached hydrogens (tertiary/aromatic N) is 6. The smallest absolute Gasteiger partial charge is 0.366 e. The molecule has 3 aromatic carbocycles. The maximum Gasteiger partial charge on any atom is 0.366 e. The quantitative estimate of drug-likeness (QED) is 0.0823. The molecule has 6 aromatic heterocycles. The zero-order valence-corrected chi connectivity index (χ0v) is 38.4. The molecule has 0 bridgehead atoms. The number of para-hydroxylation sites is 2. The fourth-order valence-electron chi connectivity index (χ4n) is 5.51. The summed E-state index contributed by atoms with van der Waals surface area (Å²) in [6, 6.07) is 27.0. The van der Waals surface area contributed by atoms with Gasteiger partial charge in [0.05, 0.1) is 0 Å². The van der Waals surface area contributed by atoms with Crippen molar-refractivity contribution >= 4 is 35.8 Å². The monoisotopic (exact) mass is 984 g/mol. The summed E-state index contributed by atoms with van der Waals surface area (Å²) in [5.74, 6) is -0.0752. The number of esters is 6. The minimum atomic E-state index is -0.729. The molecule has 0 aliphatic carbocycles. The van der Waals surface area contributed by atoms with E-state index in [-0.39, 0.29) is 68.7 Å². The SMILES string of the molecule is Cc1cc(C(=O)Oc2ccc(OC(=O)c3cc(C)on3)cc2)no1.Cc1cc(C(=O)Oc2cccc(OC(=O)c3cc(C)on3)c2)no1.Cc1cc(C(=O)Oc2ccccc2OC(=O)c2cc(C)on2)no1. The van der Waals surface area contributed by atoms with E-state index in [0.717, 1.165) is 0 Å². The number of aromatic nitrogens is 6. The van der Waals surface area contributed by atoms with Crippen molar-refractivity contribution in [3.63, 3.8) is 0 Å². The Morgan fingerprint density at radius 3 is 0.764 bits per heavy atom. The Morgan fingerprint density at radius 1 is 0.292 bits per heavy atom. The van der Waals surface area contributed by atoms with Crippen molar-refractivity contribution in [1.82, 2.24) is 30.9 Å². The molecule has 0 N–H and O–H groups in total. The van der Waals surface area contributed by atoms with Crippen LogP contribution in [0, 0.1) is 41.5 Å². The van der Waals surface area contributed by atoms with Gasteiger partial charge in [-0.3, -0.25) is 0 Å². The van der Waals surface area contributed by atoms with Gasteiger partial charge >= 0.3 is 35.8 Å². The van der Waals surface area contributed by atoms with Crippen LogP contribution in [0.5, 0.6) is 34.5 Å². The molecular weight excluding hydrogens is 949 g/mol. The van der Waals surface area contributed by atoms with Crippen LogP contribution < -0.4 is 28.4 Å². The van der Waals surface area contributed by atoms with Gasteiger partial charge in [-0.1, -0.05) is 49.1 Å². The number of carbonyl (C=O) groups is 6. The Kier molecular flexibility index (Phi) is 15.6. The zero-order chi connectivity index (χ0) is 51.3. The summed E-state index contributed by atoms with van der Waals surface area (Å²) in [5, 5.41) is 21.4. The van der Waals surface area contributed by atoms with Gasteiger partial charge in [0.15, 0.2) is 45.7 Å². The normalized spacial score (nSPS) is 10.4. The van der Waals surface area contributed by atoms with Crippen molar-refractivity contribution in [2.24, 2.45) is 0 Å². The van der Waals surface area contributed by atoms with Crippen molar-refractivity contribution in [3.8, 4) is 34.5 Å². The van der Waals surface area contributed by atoms with E-state index in [9.17, 15) is 28.8 Å². The highest BCUT2D eigenvalue weighted by Crippen LogP contribution is 2.28. The highest BCUT2D eigenvalue weighted by Gasteiger charge is 2.21.